The molecule has 0 unspecified atom stereocenters. The highest BCUT2D eigenvalue weighted by Gasteiger charge is 2.18. The van der Waals surface area contributed by atoms with Gasteiger partial charge in [0.1, 0.15) is 5.75 Å². The van der Waals surface area contributed by atoms with Gasteiger partial charge in [-0.05, 0) is 62.7 Å². The van der Waals surface area contributed by atoms with Gasteiger partial charge in [0.25, 0.3) is 0 Å². The summed E-state index contributed by atoms with van der Waals surface area (Å²) in [5.74, 6) is 0.761. The minimum atomic E-state index is -3.59. The van der Waals surface area contributed by atoms with Gasteiger partial charge in [-0.1, -0.05) is 12.1 Å². The quantitative estimate of drug-likeness (QED) is 0.795. The molecular formula is C17H22N2O3S. The summed E-state index contributed by atoms with van der Waals surface area (Å²) < 4.78 is 33.0. The van der Waals surface area contributed by atoms with Gasteiger partial charge in [-0.25, -0.2) is 13.1 Å². The Morgan fingerprint density at radius 3 is 2.04 bits per heavy atom. The predicted octanol–water partition coefficient (Wildman–Crippen LogP) is 3.10. The molecule has 2 aromatic rings. The number of ether oxygens (including phenoxy) is 1. The Labute approximate surface area is 137 Å². The van der Waals surface area contributed by atoms with E-state index in [1.807, 2.05) is 38.1 Å². The van der Waals surface area contributed by atoms with Crippen molar-refractivity contribution in [2.75, 3.05) is 5.73 Å². The molecule has 3 N–H and O–H groups in total. The molecule has 23 heavy (non-hydrogen) atoms. The first-order valence-electron chi connectivity index (χ1n) is 7.42. The molecular weight excluding hydrogens is 312 g/mol. The summed E-state index contributed by atoms with van der Waals surface area (Å²) in [4.78, 5) is 0.193. The summed E-state index contributed by atoms with van der Waals surface area (Å²) in [6.45, 7) is 5.71. The number of benzene rings is 2. The number of nitrogen functional groups attached to an aromatic ring is 1. The lowest BCUT2D eigenvalue weighted by molar-refractivity contribution is 0.242. The monoisotopic (exact) mass is 334 g/mol. The van der Waals surface area contributed by atoms with Crippen LogP contribution in [0.5, 0.6) is 5.75 Å². The molecule has 0 aliphatic heterocycles. The van der Waals surface area contributed by atoms with E-state index in [4.69, 9.17) is 10.5 Å². The van der Waals surface area contributed by atoms with E-state index >= 15 is 0 Å². The van der Waals surface area contributed by atoms with Crippen LogP contribution in [0, 0.1) is 0 Å². The number of sulfonamides is 1. The molecule has 2 rings (SSSR count). The summed E-state index contributed by atoms with van der Waals surface area (Å²) in [6.07, 6.45) is 0.0993. The largest absolute Gasteiger partial charge is 0.491 e. The predicted molar refractivity (Wildman–Crippen MR) is 91.8 cm³/mol. The van der Waals surface area contributed by atoms with Crippen molar-refractivity contribution in [2.45, 2.75) is 37.8 Å². The summed E-state index contributed by atoms with van der Waals surface area (Å²) in [5, 5.41) is 0. The van der Waals surface area contributed by atoms with Gasteiger partial charge in [0.05, 0.1) is 11.0 Å². The Bertz CT molecular complexity index is 738. The normalized spacial score (nSPS) is 13.0. The minimum Gasteiger partial charge on any atom is -0.491 e. The zero-order valence-electron chi connectivity index (χ0n) is 13.5. The van der Waals surface area contributed by atoms with Gasteiger partial charge in [0, 0.05) is 11.7 Å². The van der Waals surface area contributed by atoms with Crippen molar-refractivity contribution in [2.24, 2.45) is 0 Å². The third-order valence-electron chi connectivity index (χ3n) is 3.27. The van der Waals surface area contributed by atoms with Gasteiger partial charge in [-0.2, -0.15) is 0 Å². The second-order valence-corrected chi connectivity index (χ2v) is 7.36. The maximum atomic E-state index is 12.4. The number of nitrogens with one attached hydrogen (secondary N) is 1. The average molecular weight is 334 g/mol. The van der Waals surface area contributed by atoms with Crippen LogP contribution in [0.2, 0.25) is 0 Å². The summed E-state index contributed by atoms with van der Waals surface area (Å²) in [6, 6.07) is 13.1. The molecule has 0 fully saturated rings. The van der Waals surface area contributed by atoms with Crippen molar-refractivity contribution in [3.8, 4) is 5.75 Å². The first-order chi connectivity index (χ1) is 10.8. The van der Waals surface area contributed by atoms with E-state index in [1.165, 1.54) is 12.1 Å². The third kappa shape index (κ3) is 4.71. The van der Waals surface area contributed by atoms with Crippen molar-refractivity contribution in [1.29, 1.82) is 0 Å². The molecule has 2 aromatic carbocycles. The van der Waals surface area contributed by atoms with Crippen molar-refractivity contribution in [1.82, 2.24) is 4.72 Å². The van der Waals surface area contributed by atoms with Crippen LogP contribution >= 0.6 is 0 Å². The Morgan fingerprint density at radius 2 is 1.52 bits per heavy atom. The molecule has 0 saturated heterocycles. The number of nitrogens with two attached hydrogens (primary N) is 1. The lowest BCUT2D eigenvalue weighted by atomic mass is 10.1. The average Bonchev–Trinajstić information content (AvgIpc) is 2.47. The lowest BCUT2D eigenvalue weighted by Gasteiger charge is -2.16. The Hall–Kier alpha value is -2.05. The molecule has 1 atom stereocenters. The SMILES string of the molecule is CC(C)Oc1ccc([C@H](C)NS(=O)(=O)c2ccc(N)cc2)cc1. The molecule has 5 nitrogen and oxygen atoms in total. The lowest BCUT2D eigenvalue weighted by Crippen LogP contribution is -2.26. The van der Waals surface area contributed by atoms with Crippen molar-refractivity contribution in [3.63, 3.8) is 0 Å². The molecule has 0 aliphatic rings. The van der Waals surface area contributed by atoms with Gasteiger partial charge >= 0.3 is 0 Å². The molecule has 0 radical (unpaired) electrons. The Kier molecular flexibility index (Phi) is 5.28. The highest BCUT2D eigenvalue weighted by atomic mass is 32.2. The van der Waals surface area contributed by atoms with Crippen LogP contribution in [0.1, 0.15) is 32.4 Å². The van der Waals surface area contributed by atoms with Crippen LogP contribution in [0.4, 0.5) is 5.69 Å². The second kappa shape index (κ2) is 7.02. The molecule has 6 heteroatoms. The van der Waals surface area contributed by atoms with Crippen LogP contribution in [0.3, 0.4) is 0 Å². The fourth-order valence-electron chi connectivity index (χ4n) is 2.12. The summed E-state index contributed by atoms with van der Waals surface area (Å²) in [7, 11) is -3.59. The summed E-state index contributed by atoms with van der Waals surface area (Å²) in [5.41, 5.74) is 6.97. The van der Waals surface area contributed by atoms with Gasteiger partial charge in [-0.15, -0.1) is 0 Å². The van der Waals surface area contributed by atoms with Crippen LogP contribution in [-0.4, -0.2) is 14.5 Å². The standard InChI is InChI=1S/C17H22N2O3S/c1-12(2)22-16-8-4-14(5-9-16)13(3)19-23(20,21)17-10-6-15(18)7-11-17/h4-13,19H,18H2,1-3H3/t13-/m0/s1. The molecule has 124 valence electrons. The minimum absolute atomic E-state index is 0.0993. The van der Waals surface area contributed by atoms with E-state index in [1.54, 1.807) is 19.1 Å². The van der Waals surface area contributed by atoms with Crippen molar-refractivity contribution < 1.29 is 13.2 Å². The Balaban J connectivity index is 2.11. The zero-order valence-corrected chi connectivity index (χ0v) is 14.3. The van der Waals surface area contributed by atoms with E-state index in [0.29, 0.717) is 5.69 Å². The number of hydrogen-bond donors (Lipinski definition) is 2. The highest BCUT2D eigenvalue weighted by Crippen LogP contribution is 2.21. The van der Waals surface area contributed by atoms with Crippen LogP contribution in [0.25, 0.3) is 0 Å². The first-order valence-corrected chi connectivity index (χ1v) is 8.91. The van der Waals surface area contributed by atoms with Crippen LogP contribution < -0.4 is 15.2 Å². The van der Waals surface area contributed by atoms with Gasteiger partial charge < -0.3 is 10.5 Å². The maximum Gasteiger partial charge on any atom is 0.241 e. The van der Waals surface area contributed by atoms with E-state index in [0.717, 1.165) is 11.3 Å². The number of rotatable bonds is 6. The number of hydrogen-bond acceptors (Lipinski definition) is 4. The van der Waals surface area contributed by atoms with Gasteiger partial charge in [0.15, 0.2) is 0 Å². The van der Waals surface area contributed by atoms with E-state index in [2.05, 4.69) is 4.72 Å². The van der Waals surface area contributed by atoms with Gasteiger partial charge in [0.2, 0.25) is 10.0 Å². The fourth-order valence-corrected chi connectivity index (χ4v) is 3.36. The first kappa shape index (κ1) is 17.3. The highest BCUT2D eigenvalue weighted by molar-refractivity contribution is 7.89. The molecule has 0 bridgehead atoms. The van der Waals surface area contributed by atoms with E-state index in [9.17, 15) is 8.42 Å². The smallest absolute Gasteiger partial charge is 0.241 e. The molecule has 0 aliphatic carbocycles. The zero-order chi connectivity index (χ0) is 17.0. The van der Waals surface area contributed by atoms with E-state index in [-0.39, 0.29) is 17.0 Å². The molecule has 0 heterocycles. The van der Waals surface area contributed by atoms with Crippen molar-refractivity contribution >= 4 is 15.7 Å². The van der Waals surface area contributed by atoms with Gasteiger partial charge in [-0.3, -0.25) is 0 Å². The van der Waals surface area contributed by atoms with E-state index < -0.39 is 10.0 Å². The third-order valence-corrected chi connectivity index (χ3v) is 4.83. The second-order valence-electron chi connectivity index (χ2n) is 5.65. The molecule has 0 saturated carbocycles. The van der Waals surface area contributed by atoms with Crippen molar-refractivity contribution in [3.05, 3.63) is 54.1 Å². The number of anilines is 1. The van der Waals surface area contributed by atoms with Crippen LogP contribution in [0.15, 0.2) is 53.4 Å². The maximum absolute atomic E-state index is 12.4. The fraction of sp³-hybridized carbons (Fsp3) is 0.294. The molecule has 0 spiro atoms. The molecule has 0 amide bonds. The van der Waals surface area contributed by atoms with Crippen LogP contribution in [-0.2, 0) is 10.0 Å². The molecule has 0 aromatic heterocycles. The summed E-state index contributed by atoms with van der Waals surface area (Å²) >= 11 is 0. The Morgan fingerprint density at radius 1 is 0.957 bits per heavy atom. The topological polar surface area (TPSA) is 81.4 Å².